The number of benzene rings is 1. The number of carbonyl (C=O) groups is 1. The van der Waals surface area contributed by atoms with Gasteiger partial charge in [0.2, 0.25) is 5.91 Å². The fourth-order valence-electron chi connectivity index (χ4n) is 4.32. The fraction of sp³-hybridized carbons (Fsp3) is 0.500. The van der Waals surface area contributed by atoms with Gasteiger partial charge in [0.25, 0.3) is 0 Å². The third-order valence-corrected chi connectivity index (χ3v) is 5.87. The second-order valence-corrected chi connectivity index (χ2v) is 7.57. The van der Waals surface area contributed by atoms with Crippen LogP contribution in [0.25, 0.3) is 0 Å². The molecule has 1 saturated carbocycles. The molecule has 1 aromatic heterocycles. The van der Waals surface area contributed by atoms with Crippen molar-refractivity contribution < 1.29 is 9.18 Å². The highest BCUT2D eigenvalue weighted by Crippen LogP contribution is 2.46. The fourth-order valence-corrected chi connectivity index (χ4v) is 4.32. The van der Waals surface area contributed by atoms with E-state index >= 15 is 0 Å². The Hall–Kier alpha value is -2.17. The smallest absolute Gasteiger partial charge is 0.233 e. The molecule has 1 aliphatic carbocycles. The molecular weight excluding hydrogens is 317 g/mol. The van der Waals surface area contributed by atoms with Crippen LogP contribution >= 0.6 is 0 Å². The molecule has 0 N–H and O–H groups in total. The van der Waals surface area contributed by atoms with Crippen LogP contribution in [0.4, 0.5) is 4.39 Å². The van der Waals surface area contributed by atoms with Crippen LogP contribution in [0.2, 0.25) is 0 Å². The van der Waals surface area contributed by atoms with Crippen molar-refractivity contribution in [3.8, 4) is 0 Å². The summed E-state index contributed by atoms with van der Waals surface area (Å²) in [6.45, 7) is 1.64. The molecule has 25 heavy (non-hydrogen) atoms. The average Bonchev–Trinajstić information content (AvgIpc) is 3.17. The molecule has 2 heterocycles. The number of amides is 1. The first-order chi connectivity index (χ1) is 12.1. The van der Waals surface area contributed by atoms with Gasteiger partial charge in [-0.25, -0.2) is 4.39 Å². The Morgan fingerprint density at radius 2 is 2.08 bits per heavy atom. The highest BCUT2D eigenvalue weighted by atomic mass is 19.1. The molecular formula is C20H24FN3O. The Labute approximate surface area is 147 Å². The number of rotatable bonds is 4. The summed E-state index contributed by atoms with van der Waals surface area (Å²) in [5.41, 5.74) is 1.79. The zero-order valence-corrected chi connectivity index (χ0v) is 14.6. The zero-order chi connectivity index (χ0) is 17.4. The number of nitrogens with zero attached hydrogens (tertiary/aromatic N) is 3. The zero-order valence-electron chi connectivity index (χ0n) is 14.6. The summed E-state index contributed by atoms with van der Waals surface area (Å²) in [5, 5.41) is 4.23. The molecule has 0 spiro atoms. The Balaban J connectivity index is 1.46. The Morgan fingerprint density at radius 3 is 2.68 bits per heavy atom. The predicted octanol–water partition coefficient (Wildman–Crippen LogP) is 3.07. The Bertz CT molecular complexity index is 764. The molecule has 5 heteroatoms. The summed E-state index contributed by atoms with van der Waals surface area (Å²) in [4.78, 5) is 15.3. The van der Waals surface area contributed by atoms with Gasteiger partial charge in [-0.15, -0.1) is 0 Å². The average molecular weight is 341 g/mol. The first-order valence-corrected chi connectivity index (χ1v) is 9.10. The van der Waals surface area contributed by atoms with Crippen LogP contribution in [-0.2, 0) is 23.7 Å². The molecule has 1 amide bonds. The highest BCUT2D eigenvalue weighted by molar-refractivity contribution is 5.89. The van der Waals surface area contributed by atoms with Gasteiger partial charge in [-0.3, -0.25) is 9.48 Å². The van der Waals surface area contributed by atoms with E-state index < -0.39 is 5.41 Å². The summed E-state index contributed by atoms with van der Waals surface area (Å²) in [6.07, 6.45) is 8.80. The van der Waals surface area contributed by atoms with Crippen LogP contribution < -0.4 is 0 Å². The van der Waals surface area contributed by atoms with Crippen LogP contribution in [0, 0.1) is 11.7 Å². The van der Waals surface area contributed by atoms with E-state index in [1.165, 1.54) is 17.7 Å². The largest absolute Gasteiger partial charge is 0.342 e. The summed E-state index contributed by atoms with van der Waals surface area (Å²) in [6, 6.07) is 6.51. The van der Waals surface area contributed by atoms with Gasteiger partial charge in [-0.05, 0) is 54.9 Å². The van der Waals surface area contributed by atoms with Crippen molar-refractivity contribution in [1.82, 2.24) is 14.7 Å². The van der Waals surface area contributed by atoms with Crippen LogP contribution in [0.15, 0.2) is 36.7 Å². The number of aromatic nitrogens is 2. The van der Waals surface area contributed by atoms with Crippen LogP contribution in [0.5, 0.6) is 0 Å². The number of aryl methyl sites for hydroxylation is 1. The molecule has 132 valence electrons. The van der Waals surface area contributed by atoms with Gasteiger partial charge in [-0.2, -0.15) is 5.10 Å². The minimum atomic E-state index is -0.420. The number of likely N-dealkylation sites (tertiary alicyclic amines) is 1. The van der Waals surface area contributed by atoms with Crippen LogP contribution in [-0.4, -0.2) is 33.7 Å². The molecule has 4 nitrogen and oxygen atoms in total. The second kappa shape index (κ2) is 6.28. The molecule has 2 aromatic rings. The quantitative estimate of drug-likeness (QED) is 0.857. The third-order valence-electron chi connectivity index (χ3n) is 5.87. The van der Waals surface area contributed by atoms with Crippen molar-refractivity contribution in [2.45, 2.75) is 37.5 Å². The number of hydrogen-bond donors (Lipinski definition) is 0. The van der Waals surface area contributed by atoms with E-state index in [1.54, 1.807) is 12.1 Å². The van der Waals surface area contributed by atoms with Crippen molar-refractivity contribution in [2.75, 3.05) is 13.1 Å². The van der Waals surface area contributed by atoms with Gasteiger partial charge in [-0.1, -0.05) is 18.6 Å². The van der Waals surface area contributed by atoms with Gasteiger partial charge >= 0.3 is 0 Å². The molecule has 0 radical (unpaired) electrons. The van der Waals surface area contributed by atoms with Gasteiger partial charge in [0, 0.05) is 26.3 Å². The number of halogens is 1. The first-order valence-electron chi connectivity index (χ1n) is 9.10. The van der Waals surface area contributed by atoms with Crippen LogP contribution in [0.1, 0.15) is 36.8 Å². The van der Waals surface area contributed by atoms with E-state index in [-0.39, 0.29) is 11.7 Å². The van der Waals surface area contributed by atoms with E-state index in [0.717, 1.165) is 50.8 Å². The first kappa shape index (κ1) is 16.3. The molecule has 1 aliphatic heterocycles. The molecule has 1 saturated heterocycles. The van der Waals surface area contributed by atoms with Crippen molar-refractivity contribution in [1.29, 1.82) is 0 Å². The maximum absolute atomic E-state index is 13.3. The van der Waals surface area contributed by atoms with Crippen molar-refractivity contribution in [3.05, 3.63) is 53.6 Å². The lowest BCUT2D eigenvalue weighted by Crippen LogP contribution is -2.50. The molecule has 4 rings (SSSR count). The standard InChI is InChI=1S/C20H24FN3O/c1-23-13-16(12-22-23)11-15-7-10-24(14-15)19(25)20(8-2-9-20)17-3-5-18(21)6-4-17/h3-6,12-13,15H,2,7-11,14H2,1H3. The maximum Gasteiger partial charge on any atom is 0.233 e. The maximum atomic E-state index is 13.3. The normalized spacial score (nSPS) is 22.0. The predicted molar refractivity (Wildman–Crippen MR) is 93.5 cm³/mol. The Kier molecular flexibility index (Phi) is 4.10. The second-order valence-electron chi connectivity index (χ2n) is 7.57. The lowest BCUT2D eigenvalue weighted by Gasteiger charge is -2.43. The minimum Gasteiger partial charge on any atom is -0.342 e. The van der Waals surface area contributed by atoms with E-state index in [0.29, 0.717) is 5.92 Å². The lowest BCUT2D eigenvalue weighted by atomic mass is 9.63. The highest BCUT2D eigenvalue weighted by Gasteiger charge is 2.48. The monoisotopic (exact) mass is 341 g/mol. The molecule has 2 aliphatic rings. The Morgan fingerprint density at radius 1 is 1.32 bits per heavy atom. The SMILES string of the molecule is Cn1cc(CC2CCN(C(=O)C3(c4ccc(F)cc4)CCC3)C2)cn1. The summed E-state index contributed by atoms with van der Waals surface area (Å²) < 4.78 is 15.1. The summed E-state index contributed by atoms with van der Waals surface area (Å²) in [7, 11) is 1.93. The molecule has 1 aromatic carbocycles. The van der Waals surface area contributed by atoms with Gasteiger partial charge in [0.05, 0.1) is 11.6 Å². The van der Waals surface area contributed by atoms with Crippen molar-refractivity contribution in [3.63, 3.8) is 0 Å². The molecule has 1 atom stereocenters. The number of hydrogen-bond acceptors (Lipinski definition) is 2. The van der Waals surface area contributed by atoms with Crippen LogP contribution in [0.3, 0.4) is 0 Å². The van der Waals surface area contributed by atoms with Gasteiger partial charge < -0.3 is 4.90 Å². The van der Waals surface area contributed by atoms with E-state index in [9.17, 15) is 9.18 Å². The topological polar surface area (TPSA) is 38.1 Å². The van der Waals surface area contributed by atoms with Gasteiger partial charge in [0.1, 0.15) is 5.82 Å². The molecule has 0 bridgehead atoms. The third kappa shape index (κ3) is 2.96. The molecule has 1 unspecified atom stereocenters. The molecule has 2 fully saturated rings. The van der Waals surface area contributed by atoms with Gasteiger partial charge in [0.15, 0.2) is 0 Å². The minimum absolute atomic E-state index is 0.235. The summed E-state index contributed by atoms with van der Waals surface area (Å²) >= 11 is 0. The lowest BCUT2D eigenvalue weighted by molar-refractivity contribution is -0.140. The number of carbonyl (C=O) groups excluding carboxylic acids is 1. The van der Waals surface area contributed by atoms with Crippen molar-refractivity contribution in [2.24, 2.45) is 13.0 Å². The van der Waals surface area contributed by atoms with Crippen molar-refractivity contribution >= 4 is 5.91 Å². The van der Waals surface area contributed by atoms with E-state index in [2.05, 4.69) is 11.3 Å². The van der Waals surface area contributed by atoms with E-state index in [1.807, 2.05) is 22.8 Å². The van der Waals surface area contributed by atoms with E-state index in [4.69, 9.17) is 0 Å². The summed E-state index contributed by atoms with van der Waals surface area (Å²) in [5.74, 6) is 0.487.